The molecule has 2 aromatic rings. The van der Waals surface area contributed by atoms with Crippen molar-refractivity contribution >= 4 is 11.6 Å². The van der Waals surface area contributed by atoms with E-state index in [2.05, 4.69) is 10.6 Å². The van der Waals surface area contributed by atoms with Gasteiger partial charge in [-0.2, -0.15) is 0 Å². The molecule has 1 amide bonds. The molecule has 0 aliphatic carbocycles. The molecule has 2 aromatic carbocycles. The molecule has 0 saturated heterocycles. The zero-order valence-electron chi connectivity index (χ0n) is 12.2. The molecule has 0 fully saturated rings. The summed E-state index contributed by atoms with van der Waals surface area (Å²) in [4.78, 5) is 11.7. The fourth-order valence-corrected chi connectivity index (χ4v) is 1.99. The number of amides is 1. The number of rotatable bonds is 5. The monoisotopic (exact) mass is 326 g/mol. The van der Waals surface area contributed by atoms with Crippen LogP contribution in [0.2, 0.25) is 0 Å². The molecule has 0 aliphatic heterocycles. The van der Waals surface area contributed by atoms with Crippen molar-refractivity contribution < 1.29 is 22.4 Å². The van der Waals surface area contributed by atoms with E-state index in [1.165, 1.54) is 12.1 Å². The third-order valence-electron chi connectivity index (χ3n) is 3.20. The molecule has 23 heavy (non-hydrogen) atoms. The molecule has 0 aliphatic rings. The zero-order valence-corrected chi connectivity index (χ0v) is 12.2. The Balaban J connectivity index is 1.91. The molecular weight excluding hydrogens is 312 g/mol. The van der Waals surface area contributed by atoms with Crippen molar-refractivity contribution in [3.63, 3.8) is 0 Å². The Kier molecular flexibility index (Phi) is 5.33. The first kappa shape index (κ1) is 17.0. The van der Waals surface area contributed by atoms with Crippen LogP contribution >= 0.6 is 0 Å². The summed E-state index contributed by atoms with van der Waals surface area (Å²) in [5, 5.41) is 5.14. The van der Waals surface area contributed by atoms with Crippen molar-refractivity contribution in [3.05, 3.63) is 65.2 Å². The van der Waals surface area contributed by atoms with Gasteiger partial charge < -0.3 is 10.6 Å². The number of hydrogen-bond donors (Lipinski definition) is 2. The van der Waals surface area contributed by atoms with Gasteiger partial charge in [-0.1, -0.05) is 6.07 Å². The normalized spacial score (nSPS) is 12.0. The van der Waals surface area contributed by atoms with E-state index in [-0.39, 0.29) is 17.8 Å². The summed E-state index contributed by atoms with van der Waals surface area (Å²) in [6, 6.07) is 5.61. The lowest BCUT2D eigenvalue weighted by Gasteiger charge is -2.15. The smallest absolute Gasteiger partial charge is 0.238 e. The molecule has 3 nitrogen and oxygen atoms in total. The minimum atomic E-state index is -1.07. The Labute approximate surface area is 130 Å². The maximum Gasteiger partial charge on any atom is 0.238 e. The van der Waals surface area contributed by atoms with Gasteiger partial charge in [-0.05, 0) is 25.1 Å². The van der Waals surface area contributed by atoms with Gasteiger partial charge in [-0.3, -0.25) is 4.79 Å². The van der Waals surface area contributed by atoms with E-state index in [9.17, 15) is 22.4 Å². The van der Waals surface area contributed by atoms with Crippen LogP contribution in [0.15, 0.2) is 36.4 Å². The van der Waals surface area contributed by atoms with Crippen LogP contribution in [0, 0.1) is 23.3 Å². The lowest BCUT2D eigenvalue weighted by Crippen LogP contribution is -2.30. The SMILES string of the molecule is C[C@H](NCC(=O)Nc1ccc(F)c(F)c1)c1ccc(F)cc1F. The summed E-state index contributed by atoms with van der Waals surface area (Å²) in [7, 11) is 0. The molecule has 0 heterocycles. The van der Waals surface area contributed by atoms with Gasteiger partial charge in [0, 0.05) is 29.4 Å². The molecule has 2 rings (SSSR count). The second kappa shape index (κ2) is 7.23. The van der Waals surface area contributed by atoms with Crippen molar-refractivity contribution in [2.24, 2.45) is 0 Å². The lowest BCUT2D eigenvalue weighted by atomic mass is 10.1. The average Bonchev–Trinajstić information content (AvgIpc) is 2.48. The Morgan fingerprint density at radius 1 is 1.00 bits per heavy atom. The van der Waals surface area contributed by atoms with Crippen LogP contribution in [-0.4, -0.2) is 12.5 Å². The Morgan fingerprint density at radius 2 is 1.74 bits per heavy atom. The van der Waals surface area contributed by atoms with E-state index in [1.54, 1.807) is 6.92 Å². The number of halogens is 4. The van der Waals surface area contributed by atoms with Crippen molar-refractivity contribution in [2.75, 3.05) is 11.9 Å². The first-order valence-electron chi connectivity index (χ1n) is 6.80. The number of benzene rings is 2. The van der Waals surface area contributed by atoms with Crippen molar-refractivity contribution in [2.45, 2.75) is 13.0 Å². The number of carbonyl (C=O) groups is 1. The van der Waals surface area contributed by atoms with Crippen LogP contribution in [0.3, 0.4) is 0 Å². The topological polar surface area (TPSA) is 41.1 Å². The second-order valence-corrected chi connectivity index (χ2v) is 4.95. The van der Waals surface area contributed by atoms with Gasteiger partial charge in [-0.25, -0.2) is 17.6 Å². The second-order valence-electron chi connectivity index (χ2n) is 4.95. The Hall–Kier alpha value is -2.41. The molecule has 7 heteroatoms. The van der Waals surface area contributed by atoms with Gasteiger partial charge in [0.25, 0.3) is 0 Å². The number of anilines is 1. The van der Waals surface area contributed by atoms with E-state index in [4.69, 9.17) is 0 Å². The minimum Gasteiger partial charge on any atom is -0.325 e. The summed E-state index contributed by atoms with van der Waals surface area (Å²) in [6.45, 7) is 1.43. The van der Waals surface area contributed by atoms with E-state index < -0.39 is 35.2 Å². The predicted molar refractivity (Wildman–Crippen MR) is 77.8 cm³/mol. The standard InChI is InChI=1S/C16H14F4N2O/c1-9(12-4-2-10(17)6-14(12)19)21-8-16(23)22-11-3-5-13(18)15(20)7-11/h2-7,9,21H,8H2,1H3,(H,22,23)/t9-/m0/s1. The van der Waals surface area contributed by atoms with Gasteiger partial charge >= 0.3 is 0 Å². The molecule has 0 radical (unpaired) electrons. The van der Waals surface area contributed by atoms with Gasteiger partial charge in [0.2, 0.25) is 5.91 Å². The van der Waals surface area contributed by atoms with Gasteiger partial charge in [0.1, 0.15) is 11.6 Å². The van der Waals surface area contributed by atoms with Crippen molar-refractivity contribution in [3.8, 4) is 0 Å². The maximum absolute atomic E-state index is 13.6. The maximum atomic E-state index is 13.6. The zero-order chi connectivity index (χ0) is 17.0. The Bertz CT molecular complexity index is 721. The summed E-state index contributed by atoms with van der Waals surface area (Å²) in [5.41, 5.74) is 0.323. The highest BCUT2D eigenvalue weighted by atomic mass is 19.2. The summed E-state index contributed by atoms with van der Waals surface area (Å²) >= 11 is 0. The molecular formula is C16H14F4N2O. The van der Waals surface area contributed by atoms with Gasteiger partial charge in [0.05, 0.1) is 6.54 Å². The minimum absolute atomic E-state index is 0.108. The fourth-order valence-electron chi connectivity index (χ4n) is 1.99. The summed E-state index contributed by atoms with van der Waals surface area (Å²) in [6.07, 6.45) is 0. The third-order valence-corrected chi connectivity index (χ3v) is 3.20. The molecule has 0 bridgehead atoms. The third kappa shape index (κ3) is 4.53. The number of nitrogens with one attached hydrogen (secondary N) is 2. The quantitative estimate of drug-likeness (QED) is 0.825. The largest absolute Gasteiger partial charge is 0.325 e. The molecule has 0 spiro atoms. The average molecular weight is 326 g/mol. The molecule has 122 valence electrons. The molecule has 0 unspecified atom stereocenters. The van der Waals surface area contributed by atoms with E-state index in [0.29, 0.717) is 0 Å². The highest BCUT2D eigenvalue weighted by Gasteiger charge is 2.13. The van der Waals surface area contributed by atoms with Crippen molar-refractivity contribution in [1.82, 2.24) is 5.32 Å². The van der Waals surface area contributed by atoms with Crippen LogP contribution in [0.4, 0.5) is 23.2 Å². The van der Waals surface area contributed by atoms with Crippen LogP contribution in [0.5, 0.6) is 0 Å². The highest BCUT2D eigenvalue weighted by Crippen LogP contribution is 2.17. The molecule has 0 aromatic heterocycles. The van der Waals surface area contributed by atoms with E-state index in [1.807, 2.05) is 0 Å². The van der Waals surface area contributed by atoms with Crippen LogP contribution < -0.4 is 10.6 Å². The summed E-state index contributed by atoms with van der Waals surface area (Å²) < 4.78 is 52.3. The first-order valence-corrected chi connectivity index (χ1v) is 6.80. The van der Waals surface area contributed by atoms with Crippen LogP contribution in [0.25, 0.3) is 0 Å². The molecule has 2 N–H and O–H groups in total. The molecule has 0 saturated carbocycles. The highest BCUT2D eigenvalue weighted by molar-refractivity contribution is 5.92. The van der Waals surface area contributed by atoms with Crippen LogP contribution in [-0.2, 0) is 4.79 Å². The number of carbonyl (C=O) groups excluding carboxylic acids is 1. The molecule has 1 atom stereocenters. The van der Waals surface area contributed by atoms with E-state index in [0.717, 1.165) is 24.3 Å². The lowest BCUT2D eigenvalue weighted by molar-refractivity contribution is -0.115. The van der Waals surface area contributed by atoms with Gasteiger partial charge in [0.15, 0.2) is 11.6 Å². The van der Waals surface area contributed by atoms with E-state index >= 15 is 0 Å². The summed E-state index contributed by atoms with van der Waals surface area (Å²) in [5.74, 6) is -4.00. The fraction of sp³-hybridized carbons (Fsp3) is 0.188. The Morgan fingerprint density at radius 3 is 2.39 bits per heavy atom. The first-order chi connectivity index (χ1) is 10.9. The van der Waals surface area contributed by atoms with Crippen LogP contribution in [0.1, 0.15) is 18.5 Å². The van der Waals surface area contributed by atoms with Crippen molar-refractivity contribution in [1.29, 1.82) is 0 Å². The predicted octanol–water partition coefficient (Wildman–Crippen LogP) is 3.53. The number of hydrogen-bond acceptors (Lipinski definition) is 2. The van der Waals surface area contributed by atoms with Gasteiger partial charge in [-0.15, -0.1) is 0 Å².